The van der Waals surface area contributed by atoms with E-state index in [4.69, 9.17) is 13.9 Å². The van der Waals surface area contributed by atoms with E-state index >= 15 is 0 Å². The van der Waals surface area contributed by atoms with Crippen molar-refractivity contribution in [2.24, 2.45) is 0 Å². The van der Waals surface area contributed by atoms with Crippen LogP contribution in [0, 0.1) is 0 Å². The zero-order valence-electron chi connectivity index (χ0n) is 14.9. The van der Waals surface area contributed by atoms with Crippen LogP contribution in [-0.2, 0) is 17.9 Å². The normalized spacial score (nSPS) is 13.3. The molecule has 1 aliphatic rings. The number of benzene rings is 1. The highest BCUT2D eigenvalue weighted by molar-refractivity contribution is 5.85. The van der Waals surface area contributed by atoms with Gasteiger partial charge in [-0.15, -0.1) is 12.4 Å². The van der Waals surface area contributed by atoms with Crippen LogP contribution in [0.5, 0.6) is 11.5 Å². The van der Waals surface area contributed by atoms with Gasteiger partial charge in [-0.25, -0.2) is 0 Å². The Morgan fingerprint density at radius 2 is 2.00 bits per heavy atom. The van der Waals surface area contributed by atoms with E-state index in [2.05, 4.69) is 5.32 Å². The summed E-state index contributed by atoms with van der Waals surface area (Å²) in [5.74, 6) is 2.15. The summed E-state index contributed by atoms with van der Waals surface area (Å²) in [5, 5.41) is 3.31. The molecule has 142 valence electrons. The van der Waals surface area contributed by atoms with Gasteiger partial charge in [0.15, 0.2) is 18.1 Å². The zero-order valence-corrected chi connectivity index (χ0v) is 15.7. The molecule has 1 fully saturated rings. The SMILES string of the molecule is COc1cc(CNCc2ccco2)ccc1OCC(=O)N1CCCC1.Cl. The van der Waals surface area contributed by atoms with Crippen molar-refractivity contribution in [2.45, 2.75) is 25.9 Å². The van der Waals surface area contributed by atoms with Crippen molar-refractivity contribution in [2.75, 3.05) is 26.8 Å². The molecule has 2 aromatic rings. The third-order valence-electron chi connectivity index (χ3n) is 4.25. The van der Waals surface area contributed by atoms with E-state index in [1.807, 2.05) is 35.2 Å². The summed E-state index contributed by atoms with van der Waals surface area (Å²) in [6, 6.07) is 9.54. The number of hydrogen-bond donors (Lipinski definition) is 1. The van der Waals surface area contributed by atoms with E-state index in [0.29, 0.717) is 24.6 Å². The van der Waals surface area contributed by atoms with Gasteiger partial charge < -0.3 is 24.1 Å². The minimum Gasteiger partial charge on any atom is -0.493 e. The molecule has 1 aromatic carbocycles. The predicted molar refractivity (Wildman–Crippen MR) is 101 cm³/mol. The minimum absolute atomic E-state index is 0. The van der Waals surface area contributed by atoms with Crippen LogP contribution in [0.3, 0.4) is 0 Å². The second-order valence-corrected chi connectivity index (χ2v) is 6.04. The summed E-state index contributed by atoms with van der Waals surface area (Å²) in [4.78, 5) is 13.9. The summed E-state index contributed by atoms with van der Waals surface area (Å²) in [7, 11) is 1.60. The number of rotatable bonds is 8. The summed E-state index contributed by atoms with van der Waals surface area (Å²) in [5.41, 5.74) is 1.07. The summed E-state index contributed by atoms with van der Waals surface area (Å²) in [6.07, 6.45) is 3.82. The van der Waals surface area contributed by atoms with Gasteiger partial charge in [0.25, 0.3) is 5.91 Å². The largest absolute Gasteiger partial charge is 0.493 e. The molecule has 0 aliphatic carbocycles. The summed E-state index contributed by atoms with van der Waals surface area (Å²) in [6.45, 7) is 3.06. The van der Waals surface area contributed by atoms with Crippen LogP contribution in [0.2, 0.25) is 0 Å². The third kappa shape index (κ3) is 5.41. The first-order valence-corrected chi connectivity index (χ1v) is 8.57. The van der Waals surface area contributed by atoms with Crippen molar-refractivity contribution in [1.82, 2.24) is 10.2 Å². The van der Waals surface area contributed by atoms with Crippen molar-refractivity contribution in [3.05, 3.63) is 47.9 Å². The van der Waals surface area contributed by atoms with E-state index < -0.39 is 0 Å². The van der Waals surface area contributed by atoms with Crippen LogP contribution in [0.1, 0.15) is 24.2 Å². The highest BCUT2D eigenvalue weighted by atomic mass is 35.5. The highest BCUT2D eigenvalue weighted by Crippen LogP contribution is 2.28. The number of carbonyl (C=O) groups excluding carboxylic acids is 1. The molecular formula is C19H25ClN2O4. The molecule has 0 bridgehead atoms. The molecule has 1 aromatic heterocycles. The molecule has 0 spiro atoms. The molecule has 1 aliphatic heterocycles. The Morgan fingerprint density at radius 3 is 2.69 bits per heavy atom. The molecule has 0 radical (unpaired) electrons. The van der Waals surface area contributed by atoms with E-state index in [0.717, 1.165) is 37.3 Å². The molecule has 0 unspecified atom stereocenters. The monoisotopic (exact) mass is 380 g/mol. The minimum atomic E-state index is 0. The Kier molecular flexibility index (Phi) is 7.81. The van der Waals surface area contributed by atoms with Gasteiger partial charge in [0, 0.05) is 19.6 Å². The van der Waals surface area contributed by atoms with Gasteiger partial charge in [-0.3, -0.25) is 4.79 Å². The number of nitrogens with one attached hydrogen (secondary N) is 1. The molecule has 0 atom stereocenters. The molecule has 0 saturated carbocycles. The Hall–Kier alpha value is -2.18. The van der Waals surface area contributed by atoms with Crippen molar-refractivity contribution < 1.29 is 18.7 Å². The van der Waals surface area contributed by atoms with Crippen LogP contribution in [0.4, 0.5) is 0 Å². The Labute approximate surface area is 159 Å². The van der Waals surface area contributed by atoms with Gasteiger partial charge in [0.2, 0.25) is 0 Å². The van der Waals surface area contributed by atoms with Gasteiger partial charge >= 0.3 is 0 Å². The molecule has 1 amide bonds. The first-order chi connectivity index (χ1) is 12.3. The maximum Gasteiger partial charge on any atom is 0.260 e. The fourth-order valence-corrected chi connectivity index (χ4v) is 2.88. The molecule has 2 heterocycles. The summed E-state index contributed by atoms with van der Waals surface area (Å²) < 4.78 is 16.4. The highest BCUT2D eigenvalue weighted by Gasteiger charge is 2.18. The molecule has 7 heteroatoms. The number of carbonyl (C=O) groups is 1. The smallest absolute Gasteiger partial charge is 0.260 e. The van der Waals surface area contributed by atoms with E-state index in [1.165, 1.54) is 0 Å². The molecule has 1 N–H and O–H groups in total. The molecule has 6 nitrogen and oxygen atoms in total. The lowest BCUT2D eigenvalue weighted by molar-refractivity contribution is -0.132. The van der Waals surface area contributed by atoms with Crippen molar-refractivity contribution in [1.29, 1.82) is 0 Å². The van der Waals surface area contributed by atoms with Crippen LogP contribution in [0.25, 0.3) is 0 Å². The predicted octanol–water partition coefficient (Wildman–Crippen LogP) is 3.00. The quantitative estimate of drug-likeness (QED) is 0.762. The number of ether oxygens (including phenoxy) is 2. The number of methoxy groups -OCH3 is 1. The van der Waals surface area contributed by atoms with Crippen LogP contribution in [0.15, 0.2) is 41.0 Å². The molecule has 3 rings (SSSR count). The number of nitrogens with zero attached hydrogens (tertiary/aromatic N) is 1. The maximum absolute atomic E-state index is 12.1. The van der Waals surface area contributed by atoms with Gasteiger partial charge in [-0.05, 0) is 42.7 Å². The number of furan rings is 1. The van der Waals surface area contributed by atoms with Crippen LogP contribution in [-0.4, -0.2) is 37.6 Å². The van der Waals surface area contributed by atoms with Crippen molar-refractivity contribution in [3.8, 4) is 11.5 Å². The number of hydrogen-bond acceptors (Lipinski definition) is 5. The lowest BCUT2D eigenvalue weighted by Gasteiger charge is -2.17. The average Bonchev–Trinajstić information content (AvgIpc) is 3.34. The Balaban J connectivity index is 0.00000243. The lowest BCUT2D eigenvalue weighted by atomic mass is 10.2. The topological polar surface area (TPSA) is 63.9 Å². The van der Waals surface area contributed by atoms with Crippen molar-refractivity contribution in [3.63, 3.8) is 0 Å². The number of amides is 1. The molecule has 1 saturated heterocycles. The van der Waals surface area contributed by atoms with Gasteiger partial charge in [0.1, 0.15) is 5.76 Å². The second kappa shape index (κ2) is 10.1. The van der Waals surface area contributed by atoms with E-state index in [-0.39, 0.29) is 24.9 Å². The zero-order chi connectivity index (χ0) is 17.5. The standard InChI is InChI=1S/C19H24N2O4.ClH/c1-23-18-11-15(12-20-13-16-5-4-10-24-16)6-7-17(18)25-14-19(22)21-8-2-3-9-21;/h4-7,10-11,20H,2-3,8-9,12-14H2,1H3;1H. The van der Waals surface area contributed by atoms with E-state index in [1.54, 1.807) is 13.4 Å². The third-order valence-corrected chi connectivity index (χ3v) is 4.25. The Morgan fingerprint density at radius 1 is 1.19 bits per heavy atom. The molecular weight excluding hydrogens is 356 g/mol. The van der Waals surface area contributed by atoms with Gasteiger partial charge in [0.05, 0.1) is 19.9 Å². The fraction of sp³-hybridized carbons (Fsp3) is 0.421. The maximum atomic E-state index is 12.1. The van der Waals surface area contributed by atoms with Gasteiger partial charge in [-0.1, -0.05) is 6.07 Å². The number of halogens is 1. The Bertz CT molecular complexity index is 685. The van der Waals surface area contributed by atoms with E-state index in [9.17, 15) is 4.79 Å². The van der Waals surface area contributed by atoms with Crippen LogP contribution < -0.4 is 14.8 Å². The number of likely N-dealkylation sites (tertiary alicyclic amines) is 1. The second-order valence-electron chi connectivity index (χ2n) is 6.04. The lowest BCUT2D eigenvalue weighted by Crippen LogP contribution is -2.32. The molecule has 26 heavy (non-hydrogen) atoms. The first-order valence-electron chi connectivity index (χ1n) is 8.57. The van der Waals surface area contributed by atoms with Crippen molar-refractivity contribution >= 4 is 18.3 Å². The average molecular weight is 381 g/mol. The summed E-state index contributed by atoms with van der Waals surface area (Å²) >= 11 is 0. The first kappa shape index (κ1) is 20.1. The van der Waals surface area contributed by atoms with Gasteiger partial charge in [-0.2, -0.15) is 0 Å². The fourth-order valence-electron chi connectivity index (χ4n) is 2.88. The van der Waals surface area contributed by atoms with Crippen LogP contribution >= 0.6 is 12.4 Å².